The monoisotopic (exact) mass is 515 g/mol. The molecule has 7 aromatic rings. The molecule has 1 aliphatic rings. The molecule has 0 aliphatic heterocycles. The molecule has 0 radical (unpaired) electrons. The van der Waals surface area contributed by atoms with Crippen molar-refractivity contribution in [3.8, 4) is 45.3 Å². The minimum absolute atomic E-state index is 0.153. The van der Waals surface area contributed by atoms with Crippen molar-refractivity contribution in [3.05, 3.63) is 126 Å². The second kappa shape index (κ2) is 8.45. The van der Waals surface area contributed by atoms with Gasteiger partial charge >= 0.3 is 0 Å². The van der Waals surface area contributed by atoms with E-state index in [9.17, 15) is 0 Å². The lowest BCUT2D eigenvalue weighted by Gasteiger charge is -2.21. The standard InChI is InChI=1S/C36H25N3O/c1-36(2)29-18-17-24(19-26(29)27-20-28-25-15-9-10-16-31(25)40-32(28)21-30(27)36)35-38-33(22-11-5-3-6-12-22)37-34(39-35)23-13-7-4-8-14-23/h3-21H,1-2H3. The largest absolute Gasteiger partial charge is 0.456 e. The fourth-order valence-corrected chi connectivity index (χ4v) is 6.05. The van der Waals surface area contributed by atoms with Crippen molar-refractivity contribution in [1.82, 2.24) is 15.0 Å². The zero-order valence-corrected chi connectivity index (χ0v) is 22.2. The third-order valence-electron chi connectivity index (χ3n) is 8.13. The van der Waals surface area contributed by atoms with Crippen molar-refractivity contribution in [2.24, 2.45) is 0 Å². The molecule has 2 aromatic heterocycles. The van der Waals surface area contributed by atoms with Crippen molar-refractivity contribution in [2.45, 2.75) is 19.3 Å². The molecule has 0 amide bonds. The Kier molecular flexibility index (Phi) is 4.83. The molecular formula is C36H25N3O. The number of fused-ring (bicyclic) bond motifs is 6. The summed E-state index contributed by atoms with van der Waals surface area (Å²) in [6.45, 7) is 4.57. The van der Waals surface area contributed by atoms with E-state index in [0.29, 0.717) is 17.5 Å². The molecule has 4 heteroatoms. The van der Waals surface area contributed by atoms with Gasteiger partial charge in [-0.15, -0.1) is 0 Å². The maximum atomic E-state index is 6.25. The Morgan fingerprint density at radius 3 is 1.73 bits per heavy atom. The lowest BCUT2D eigenvalue weighted by molar-refractivity contribution is 0.647. The molecule has 0 fully saturated rings. The summed E-state index contributed by atoms with van der Waals surface area (Å²) in [6.07, 6.45) is 0. The molecule has 1 aliphatic carbocycles. The van der Waals surface area contributed by atoms with Crippen LogP contribution >= 0.6 is 0 Å². The van der Waals surface area contributed by atoms with Crippen LogP contribution in [-0.4, -0.2) is 15.0 Å². The first-order valence-corrected chi connectivity index (χ1v) is 13.5. The van der Waals surface area contributed by atoms with Gasteiger partial charge in [0.1, 0.15) is 11.2 Å². The van der Waals surface area contributed by atoms with Crippen molar-refractivity contribution >= 4 is 21.9 Å². The van der Waals surface area contributed by atoms with Gasteiger partial charge in [0.25, 0.3) is 0 Å². The molecule has 0 spiro atoms. The van der Waals surface area contributed by atoms with Crippen LogP contribution in [0.4, 0.5) is 0 Å². The summed E-state index contributed by atoms with van der Waals surface area (Å²) < 4.78 is 6.25. The second-order valence-corrected chi connectivity index (χ2v) is 10.9. The number of benzene rings is 5. The van der Waals surface area contributed by atoms with E-state index in [0.717, 1.165) is 38.6 Å². The second-order valence-electron chi connectivity index (χ2n) is 10.9. The molecule has 190 valence electrons. The van der Waals surface area contributed by atoms with Gasteiger partial charge in [-0.25, -0.2) is 15.0 Å². The molecule has 0 saturated carbocycles. The minimum Gasteiger partial charge on any atom is -0.456 e. The number of aromatic nitrogens is 3. The van der Waals surface area contributed by atoms with E-state index >= 15 is 0 Å². The number of rotatable bonds is 3. The quantitative estimate of drug-likeness (QED) is 0.235. The van der Waals surface area contributed by atoms with Crippen LogP contribution in [-0.2, 0) is 5.41 Å². The van der Waals surface area contributed by atoms with E-state index in [1.807, 2.05) is 72.8 Å². The van der Waals surface area contributed by atoms with Crippen LogP contribution in [0.5, 0.6) is 0 Å². The van der Waals surface area contributed by atoms with Gasteiger partial charge in [-0.1, -0.05) is 105 Å². The number of nitrogens with zero attached hydrogens (tertiary/aromatic N) is 3. The summed E-state index contributed by atoms with van der Waals surface area (Å²) in [5.74, 6) is 1.99. The SMILES string of the molecule is CC1(C)c2ccc(-c3nc(-c4ccccc4)nc(-c4ccccc4)n3)cc2-c2cc3c(cc21)oc1ccccc13. The van der Waals surface area contributed by atoms with E-state index in [1.165, 1.54) is 22.3 Å². The Morgan fingerprint density at radius 2 is 1.05 bits per heavy atom. The Balaban J connectivity index is 1.34. The van der Waals surface area contributed by atoms with E-state index in [-0.39, 0.29) is 5.41 Å². The summed E-state index contributed by atoms with van der Waals surface area (Å²) in [4.78, 5) is 14.8. The molecule has 0 saturated heterocycles. The predicted octanol–water partition coefficient (Wildman–Crippen LogP) is 9.08. The summed E-state index contributed by atoms with van der Waals surface area (Å²) in [5.41, 5.74) is 9.61. The van der Waals surface area contributed by atoms with E-state index in [2.05, 4.69) is 56.3 Å². The lowest BCUT2D eigenvalue weighted by atomic mass is 9.82. The molecule has 4 nitrogen and oxygen atoms in total. The van der Waals surface area contributed by atoms with Crippen molar-refractivity contribution < 1.29 is 4.42 Å². The molecule has 8 rings (SSSR count). The number of hydrogen-bond acceptors (Lipinski definition) is 4. The van der Waals surface area contributed by atoms with E-state index < -0.39 is 0 Å². The van der Waals surface area contributed by atoms with Crippen LogP contribution in [0.1, 0.15) is 25.0 Å². The first-order chi connectivity index (χ1) is 19.6. The van der Waals surface area contributed by atoms with Crippen molar-refractivity contribution in [3.63, 3.8) is 0 Å². The van der Waals surface area contributed by atoms with Gasteiger partial charge in [-0.2, -0.15) is 0 Å². The number of furan rings is 1. The summed E-state index contributed by atoms with van der Waals surface area (Å²) in [6, 6.07) is 39.6. The highest BCUT2D eigenvalue weighted by molar-refractivity contribution is 6.07. The van der Waals surface area contributed by atoms with E-state index in [4.69, 9.17) is 19.4 Å². The number of para-hydroxylation sites is 1. The summed E-state index contributed by atoms with van der Waals surface area (Å²) in [5, 5.41) is 2.28. The van der Waals surface area contributed by atoms with Crippen LogP contribution in [0.15, 0.2) is 120 Å². The van der Waals surface area contributed by atoms with Crippen LogP contribution in [0, 0.1) is 0 Å². The summed E-state index contributed by atoms with van der Waals surface area (Å²) in [7, 11) is 0. The van der Waals surface area contributed by atoms with Gasteiger partial charge < -0.3 is 4.42 Å². The van der Waals surface area contributed by atoms with Gasteiger partial charge in [-0.3, -0.25) is 0 Å². The third kappa shape index (κ3) is 3.43. The molecule has 0 bridgehead atoms. The van der Waals surface area contributed by atoms with Crippen LogP contribution in [0.3, 0.4) is 0 Å². The molecule has 40 heavy (non-hydrogen) atoms. The molecule has 0 unspecified atom stereocenters. The lowest BCUT2D eigenvalue weighted by Crippen LogP contribution is -2.14. The van der Waals surface area contributed by atoms with Gasteiger partial charge in [-0.05, 0) is 46.5 Å². The maximum absolute atomic E-state index is 6.25. The smallest absolute Gasteiger partial charge is 0.164 e. The highest BCUT2D eigenvalue weighted by atomic mass is 16.3. The fourth-order valence-electron chi connectivity index (χ4n) is 6.05. The average Bonchev–Trinajstić information content (AvgIpc) is 3.48. The van der Waals surface area contributed by atoms with Crippen LogP contribution in [0.2, 0.25) is 0 Å². The molecular weight excluding hydrogens is 490 g/mol. The first-order valence-electron chi connectivity index (χ1n) is 13.5. The number of hydrogen-bond donors (Lipinski definition) is 0. The molecule has 0 N–H and O–H groups in total. The van der Waals surface area contributed by atoms with E-state index in [1.54, 1.807) is 0 Å². The van der Waals surface area contributed by atoms with Gasteiger partial charge in [0.05, 0.1) is 0 Å². The average molecular weight is 516 g/mol. The zero-order valence-electron chi connectivity index (χ0n) is 22.2. The highest BCUT2D eigenvalue weighted by Gasteiger charge is 2.36. The molecule has 2 heterocycles. The van der Waals surface area contributed by atoms with Crippen LogP contribution < -0.4 is 0 Å². The summed E-state index contributed by atoms with van der Waals surface area (Å²) >= 11 is 0. The Bertz CT molecular complexity index is 2020. The minimum atomic E-state index is -0.153. The highest BCUT2D eigenvalue weighted by Crippen LogP contribution is 2.51. The molecule has 5 aromatic carbocycles. The van der Waals surface area contributed by atoms with Crippen LogP contribution in [0.25, 0.3) is 67.2 Å². The van der Waals surface area contributed by atoms with Gasteiger partial charge in [0.2, 0.25) is 0 Å². The Morgan fingerprint density at radius 1 is 0.475 bits per heavy atom. The third-order valence-corrected chi connectivity index (χ3v) is 8.13. The first kappa shape index (κ1) is 22.9. The normalized spacial score (nSPS) is 13.4. The molecule has 0 atom stereocenters. The fraction of sp³-hybridized carbons (Fsp3) is 0.0833. The topological polar surface area (TPSA) is 51.8 Å². The van der Waals surface area contributed by atoms with Gasteiger partial charge in [0, 0.05) is 32.9 Å². The zero-order chi connectivity index (χ0) is 26.8. The van der Waals surface area contributed by atoms with Crippen molar-refractivity contribution in [1.29, 1.82) is 0 Å². The Hall–Kier alpha value is -5.09. The van der Waals surface area contributed by atoms with Gasteiger partial charge in [0.15, 0.2) is 17.5 Å². The maximum Gasteiger partial charge on any atom is 0.164 e. The predicted molar refractivity (Wildman–Crippen MR) is 161 cm³/mol. The van der Waals surface area contributed by atoms with Crippen molar-refractivity contribution in [2.75, 3.05) is 0 Å². The Labute approximate surface area is 232 Å².